The fourth-order valence-corrected chi connectivity index (χ4v) is 3.18. The van der Waals surface area contributed by atoms with Crippen molar-refractivity contribution in [3.8, 4) is 0 Å². The lowest BCUT2D eigenvalue weighted by atomic mass is 10.0. The van der Waals surface area contributed by atoms with Crippen LogP contribution in [0.2, 0.25) is 5.02 Å². The lowest BCUT2D eigenvalue weighted by Gasteiger charge is -2.15. The van der Waals surface area contributed by atoms with E-state index >= 15 is 0 Å². The van der Waals surface area contributed by atoms with Crippen LogP contribution >= 0.6 is 22.9 Å². The van der Waals surface area contributed by atoms with Gasteiger partial charge in [-0.3, -0.25) is 4.79 Å². The van der Waals surface area contributed by atoms with Crippen molar-refractivity contribution in [1.29, 1.82) is 0 Å². The average molecular weight is 367 g/mol. The third-order valence-electron chi connectivity index (χ3n) is 3.50. The van der Waals surface area contributed by atoms with Crippen LogP contribution in [0.15, 0.2) is 17.5 Å². The molecule has 128 valence electrons. The van der Waals surface area contributed by atoms with Crippen LogP contribution in [0.25, 0.3) is 0 Å². The molecule has 0 aliphatic rings. The number of rotatable bonds is 6. The second-order valence-corrected chi connectivity index (χ2v) is 6.61. The van der Waals surface area contributed by atoms with E-state index in [4.69, 9.17) is 16.3 Å². The van der Waals surface area contributed by atoms with Gasteiger partial charge in [0, 0.05) is 16.1 Å². The van der Waals surface area contributed by atoms with Crippen molar-refractivity contribution in [2.75, 3.05) is 11.9 Å². The molecule has 1 amide bonds. The third kappa shape index (κ3) is 4.33. The van der Waals surface area contributed by atoms with E-state index in [2.05, 4.69) is 10.3 Å². The van der Waals surface area contributed by atoms with Crippen molar-refractivity contribution in [1.82, 2.24) is 4.98 Å². The van der Waals surface area contributed by atoms with Crippen LogP contribution in [0.3, 0.4) is 0 Å². The Morgan fingerprint density at radius 2 is 2.04 bits per heavy atom. The molecular formula is C17H19ClN2O3S. The number of nitrogens with zero attached hydrogens (tertiary/aromatic N) is 1. The number of hydrogen-bond acceptors (Lipinski definition) is 5. The highest BCUT2D eigenvalue weighted by atomic mass is 35.5. The molecule has 0 unspecified atom stereocenters. The van der Waals surface area contributed by atoms with Gasteiger partial charge in [0.2, 0.25) is 0 Å². The normalized spacial score (nSPS) is 10.5. The van der Waals surface area contributed by atoms with Gasteiger partial charge in [-0.25, -0.2) is 9.78 Å². The van der Waals surface area contributed by atoms with Gasteiger partial charge in [0.25, 0.3) is 5.91 Å². The average Bonchev–Trinajstić information content (AvgIpc) is 3.00. The van der Waals surface area contributed by atoms with Gasteiger partial charge in [0.1, 0.15) is 0 Å². The molecule has 0 spiro atoms. The molecule has 2 aromatic rings. The number of esters is 1. The summed E-state index contributed by atoms with van der Waals surface area (Å²) in [5.74, 6) is -1.01. The molecule has 24 heavy (non-hydrogen) atoms. The predicted molar refractivity (Wildman–Crippen MR) is 96.0 cm³/mol. The summed E-state index contributed by atoms with van der Waals surface area (Å²) in [6.07, 6.45) is 1.46. The van der Waals surface area contributed by atoms with E-state index < -0.39 is 11.9 Å². The monoisotopic (exact) mass is 366 g/mol. The molecule has 5 nitrogen and oxygen atoms in total. The zero-order valence-electron chi connectivity index (χ0n) is 13.8. The summed E-state index contributed by atoms with van der Waals surface area (Å²) in [6.45, 7) is 5.41. The standard InChI is InChI=1S/C17H19ClN2O3S/c1-4-11-6-7-13(18)12(5-2)16(11)20-15(21)8-23-17(22)14-9-24-10(3)19-14/h6-7,9H,4-5,8H2,1-3H3,(H,20,21). The number of anilines is 1. The molecular weight excluding hydrogens is 348 g/mol. The van der Waals surface area contributed by atoms with Crippen molar-refractivity contribution in [2.24, 2.45) is 0 Å². The fourth-order valence-electron chi connectivity index (χ4n) is 2.30. The van der Waals surface area contributed by atoms with Crippen LogP contribution in [0.5, 0.6) is 0 Å². The maximum absolute atomic E-state index is 12.2. The molecule has 0 radical (unpaired) electrons. The molecule has 7 heteroatoms. The lowest BCUT2D eigenvalue weighted by molar-refractivity contribution is -0.119. The van der Waals surface area contributed by atoms with Gasteiger partial charge >= 0.3 is 5.97 Å². The minimum Gasteiger partial charge on any atom is -0.451 e. The minimum absolute atomic E-state index is 0.219. The lowest BCUT2D eigenvalue weighted by Crippen LogP contribution is -2.22. The number of thiazole rings is 1. The Hall–Kier alpha value is -1.92. The Labute approximate surface area is 150 Å². The first-order valence-electron chi connectivity index (χ1n) is 7.65. The Balaban J connectivity index is 2.04. The smallest absolute Gasteiger partial charge is 0.358 e. The van der Waals surface area contributed by atoms with Crippen LogP contribution in [-0.2, 0) is 22.4 Å². The van der Waals surface area contributed by atoms with Gasteiger partial charge in [-0.2, -0.15) is 0 Å². The number of nitrogens with one attached hydrogen (secondary N) is 1. The highest BCUT2D eigenvalue weighted by Crippen LogP contribution is 2.29. The summed E-state index contributed by atoms with van der Waals surface area (Å²) in [5, 5.41) is 5.80. The van der Waals surface area contributed by atoms with Crippen molar-refractivity contribution >= 4 is 40.5 Å². The Bertz CT molecular complexity index is 758. The number of benzene rings is 1. The van der Waals surface area contributed by atoms with Gasteiger partial charge < -0.3 is 10.1 Å². The highest BCUT2D eigenvalue weighted by molar-refractivity contribution is 7.09. The van der Waals surface area contributed by atoms with Crippen molar-refractivity contribution in [3.05, 3.63) is 44.4 Å². The van der Waals surface area contributed by atoms with Crippen molar-refractivity contribution in [2.45, 2.75) is 33.6 Å². The second-order valence-electron chi connectivity index (χ2n) is 5.14. The number of aromatic nitrogens is 1. The molecule has 0 saturated heterocycles. The zero-order valence-corrected chi connectivity index (χ0v) is 15.4. The summed E-state index contributed by atoms with van der Waals surface area (Å²) < 4.78 is 5.01. The first-order valence-corrected chi connectivity index (χ1v) is 8.91. The van der Waals surface area contributed by atoms with E-state index in [1.165, 1.54) is 11.3 Å². The van der Waals surface area contributed by atoms with Crippen LogP contribution < -0.4 is 5.32 Å². The van der Waals surface area contributed by atoms with E-state index in [1.54, 1.807) is 12.3 Å². The van der Waals surface area contributed by atoms with Gasteiger partial charge in [0.05, 0.1) is 5.01 Å². The van der Waals surface area contributed by atoms with Gasteiger partial charge in [-0.15, -0.1) is 11.3 Å². The second kappa shape index (κ2) is 8.26. The van der Waals surface area contributed by atoms with Gasteiger partial charge in [0.15, 0.2) is 12.3 Å². The Kier molecular flexibility index (Phi) is 6.34. The van der Waals surface area contributed by atoms with Crippen molar-refractivity contribution in [3.63, 3.8) is 0 Å². The summed E-state index contributed by atoms with van der Waals surface area (Å²) in [5.41, 5.74) is 2.80. The van der Waals surface area contributed by atoms with E-state index in [0.717, 1.165) is 22.6 Å². The maximum atomic E-state index is 12.2. The molecule has 0 fully saturated rings. The quantitative estimate of drug-likeness (QED) is 0.784. The fraction of sp³-hybridized carbons (Fsp3) is 0.353. The van der Waals surface area contributed by atoms with Crippen molar-refractivity contribution < 1.29 is 14.3 Å². The summed E-state index contributed by atoms with van der Waals surface area (Å²) in [4.78, 5) is 28.0. The summed E-state index contributed by atoms with van der Waals surface area (Å²) in [6, 6.07) is 3.72. The largest absolute Gasteiger partial charge is 0.451 e. The van der Waals surface area contributed by atoms with Gasteiger partial charge in [-0.05, 0) is 37.0 Å². The highest BCUT2D eigenvalue weighted by Gasteiger charge is 2.16. The molecule has 1 heterocycles. The molecule has 0 atom stereocenters. The number of carbonyl (C=O) groups is 2. The van der Waals surface area contributed by atoms with E-state index in [0.29, 0.717) is 17.1 Å². The van der Waals surface area contributed by atoms with Crippen LogP contribution in [0, 0.1) is 6.92 Å². The minimum atomic E-state index is -0.605. The number of hydrogen-bond donors (Lipinski definition) is 1. The number of carbonyl (C=O) groups excluding carboxylic acids is 2. The molecule has 1 aromatic heterocycles. The summed E-state index contributed by atoms with van der Waals surface area (Å²) >= 11 is 7.56. The van der Waals surface area contributed by atoms with E-state index in [-0.39, 0.29) is 12.3 Å². The molecule has 2 rings (SSSR count). The van der Waals surface area contributed by atoms with Crippen LogP contribution in [0.1, 0.15) is 40.5 Å². The Morgan fingerprint density at radius 3 is 2.62 bits per heavy atom. The number of ether oxygens (including phenoxy) is 1. The molecule has 0 bridgehead atoms. The maximum Gasteiger partial charge on any atom is 0.358 e. The van der Waals surface area contributed by atoms with Crippen LogP contribution in [-0.4, -0.2) is 23.5 Å². The SMILES string of the molecule is CCc1ccc(Cl)c(CC)c1NC(=O)COC(=O)c1csc(C)n1. The molecule has 0 aliphatic heterocycles. The molecule has 1 aromatic carbocycles. The number of halogens is 1. The Morgan fingerprint density at radius 1 is 1.29 bits per heavy atom. The topological polar surface area (TPSA) is 68.3 Å². The third-order valence-corrected chi connectivity index (χ3v) is 4.63. The summed E-state index contributed by atoms with van der Waals surface area (Å²) in [7, 11) is 0. The first-order chi connectivity index (χ1) is 11.5. The zero-order chi connectivity index (χ0) is 17.7. The van der Waals surface area contributed by atoms with Crippen LogP contribution in [0.4, 0.5) is 5.69 Å². The number of aryl methyl sites for hydroxylation is 2. The van der Waals surface area contributed by atoms with E-state index in [9.17, 15) is 9.59 Å². The van der Waals surface area contributed by atoms with Gasteiger partial charge in [-0.1, -0.05) is 31.5 Å². The first kappa shape index (κ1) is 18.4. The predicted octanol–water partition coefficient (Wildman–Crippen LogP) is 4.03. The molecule has 1 N–H and O–H groups in total. The number of amides is 1. The van der Waals surface area contributed by atoms with E-state index in [1.807, 2.05) is 26.0 Å². The molecule has 0 aliphatic carbocycles. The molecule has 0 saturated carbocycles.